The summed E-state index contributed by atoms with van der Waals surface area (Å²) in [6.07, 6.45) is 18.6. The summed E-state index contributed by atoms with van der Waals surface area (Å²) >= 11 is 0. The fraction of sp³-hybridized carbons (Fsp3) is 0.826. The molecule has 0 aromatic heterocycles. The van der Waals surface area contributed by atoms with Crippen LogP contribution in [-0.4, -0.2) is 47.1 Å². The molecular formula is C23H43N3O5. The van der Waals surface area contributed by atoms with Gasteiger partial charge >= 0.3 is 0 Å². The Hall–Kier alpha value is -1.80. The number of unbranched alkanes of at least 4 members (excludes halogenated alkanes) is 14. The Morgan fingerprint density at radius 1 is 0.613 bits per heavy atom. The Bertz CT molecular complexity index is 503. The highest BCUT2D eigenvalue weighted by atomic mass is 16.3. The normalized spacial score (nSPS) is 10.5. The second kappa shape index (κ2) is 21.4. The Morgan fingerprint density at radius 3 is 1.32 bits per heavy atom. The van der Waals surface area contributed by atoms with Crippen molar-refractivity contribution in [1.82, 2.24) is 10.6 Å². The van der Waals surface area contributed by atoms with E-state index in [1.807, 2.05) is 10.6 Å². The van der Waals surface area contributed by atoms with Crippen LogP contribution in [0.25, 0.3) is 0 Å². The molecule has 0 radical (unpaired) electrons. The van der Waals surface area contributed by atoms with Crippen LogP contribution in [0.5, 0.6) is 0 Å². The zero-order valence-electron chi connectivity index (χ0n) is 19.3. The maximum Gasteiger partial charge on any atom is 0.277 e. The summed E-state index contributed by atoms with van der Waals surface area (Å²) in [6, 6.07) is 0. The van der Waals surface area contributed by atoms with Crippen molar-refractivity contribution in [2.24, 2.45) is 4.99 Å². The van der Waals surface area contributed by atoms with E-state index in [0.29, 0.717) is 6.42 Å². The van der Waals surface area contributed by atoms with Crippen molar-refractivity contribution in [3.63, 3.8) is 0 Å². The minimum atomic E-state index is -0.960. The van der Waals surface area contributed by atoms with Gasteiger partial charge in [-0.2, -0.15) is 0 Å². The molecule has 0 bridgehead atoms. The van der Waals surface area contributed by atoms with E-state index >= 15 is 0 Å². The molecule has 0 saturated heterocycles. The van der Waals surface area contributed by atoms with E-state index in [0.717, 1.165) is 19.3 Å². The standard InChI is InChI=1S/C23H43N3O5/c1-2-3-4-5-6-7-8-9-10-11-12-13-14-15-16-17-20(29)26-21(22(30)24-18-27)23(31)25-19-28/h27-28H,2-19H2,1H3,(H,24,30)(H,25,31). The lowest BCUT2D eigenvalue weighted by Gasteiger charge is -2.06. The molecule has 4 N–H and O–H groups in total. The molecule has 0 atom stereocenters. The fourth-order valence-electron chi connectivity index (χ4n) is 3.34. The second-order valence-corrected chi connectivity index (χ2v) is 7.88. The van der Waals surface area contributed by atoms with Gasteiger partial charge in [-0.25, -0.2) is 4.99 Å². The molecule has 0 heterocycles. The summed E-state index contributed by atoms with van der Waals surface area (Å²) in [6.45, 7) is 0.880. The quantitative estimate of drug-likeness (QED) is 0.0997. The van der Waals surface area contributed by atoms with Gasteiger partial charge in [0.15, 0.2) is 5.71 Å². The summed E-state index contributed by atoms with van der Waals surface area (Å²) in [7, 11) is 0. The number of carbonyl (C=O) groups excluding carboxylic acids is 3. The molecule has 31 heavy (non-hydrogen) atoms. The van der Waals surface area contributed by atoms with Gasteiger partial charge in [0, 0.05) is 6.42 Å². The Balaban J connectivity index is 3.78. The number of nitrogens with one attached hydrogen (secondary N) is 2. The zero-order valence-corrected chi connectivity index (χ0v) is 19.3. The molecule has 0 rings (SSSR count). The smallest absolute Gasteiger partial charge is 0.277 e. The summed E-state index contributed by atoms with van der Waals surface area (Å²) in [5, 5.41) is 21.5. The molecular weight excluding hydrogens is 398 g/mol. The van der Waals surface area contributed by atoms with E-state index < -0.39 is 36.9 Å². The fourth-order valence-corrected chi connectivity index (χ4v) is 3.34. The first-order chi connectivity index (χ1) is 15.1. The van der Waals surface area contributed by atoms with Crippen LogP contribution in [0.15, 0.2) is 4.99 Å². The second-order valence-electron chi connectivity index (χ2n) is 7.88. The van der Waals surface area contributed by atoms with Gasteiger partial charge in [0.1, 0.15) is 13.5 Å². The minimum absolute atomic E-state index is 0.153. The lowest BCUT2D eigenvalue weighted by Crippen LogP contribution is -2.43. The summed E-state index contributed by atoms with van der Waals surface area (Å²) in [5.74, 6) is -2.48. The molecule has 0 fully saturated rings. The predicted octanol–water partition coefficient (Wildman–Crippen LogP) is 3.35. The number of hydrogen-bond donors (Lipinski definition) is 4. The van der Waals surface area contributed by atoms with Gasteiger partial charge in [-0.1, -0.05) is 96.8 Å². The maximum absolute atomic E-state index is 11.9. The van der Waals surface area contributed by atoms with Crippen molar-refractivity contribution < 1.29 is 24.6 Å². The third kappa shape index (κ3) is 17.6. The highest BCUT2D eigenvalue weighted by Crippen LogP contribution is 2.13. The van der Waals surface area contributed by atoms with Crippen LogP contribution in [0, 0.1) is 0 Å². The van der Waals surface area contributed by atoms with Crippen molar-refractivity contribution in [1.29, 1.82) is 0 Å². The zero-order chi connectivity index (χ0) is 23.2. The first-order valence-electron chi connectivity index (χ1n) is 12.0. The van der Waals surface area contributed by atoms with Crippen molar-refractivity contribution >= 4 is 23.4 Å². The molecule has 180 valence electrons. The number of nitrogens with zero attached hydrogens (tertiary/aromatic N) is 1. The Morgan fingerprint density at radius 2 is 0.968 bits per heavy atom. The summed E-state index contributed by atoms with van der Waals surface area (Å²) < 4.78 is 0. The molecule has 0 aromatic carbocycles. The van der Waals surface area contributed by atoms with Gasteiger partial charge in [0.05, 0.1) is 0 Å². The van der Waals surface area contributed by atoms with Gasteiger partial charge in [-0.05, 0) is 6.42 Å². The molecule has 0 aliphatic heterocycles. The molecule has 0 aliphatic rings. The largest absolute Gasteiger partial charge is 0.376 e. The number of carbonyl (C=O) groups is 3. The van der Waals surface area contributed by atoms with E-state index in [1.165, 1.54) is 70.6 Å². The van der Waals surface area contributed by atoms with E-state index in [2.05, 4.69) is 11.9 Å². The van der Waals surface area contributed by atoms with Gasteiger partial charge < -0.3 is 20.8 Å². The van der Waals surface area contributed by atoms with E-state index in [4.69, 9.17) is 10.2 Å². The SMILES string of the molecule is CCCCCCCCCCCCCCCCCC(=O)N=C(C(=O)NCO)C(=O)NCO. The molecule has 0 spiro atoms. The van der Waals surface area contributed by atoms with Gasteiger partial charge in [-0.3, -0.25) is 14.4 Å². The van der Waals surface area contributed by atoms with Crippen molar-refractivity contribution in [3.05, 3.63) is 0 Å². The molecule has 0 aromatic rings. The average Bonchev–Trinajstić information content (AvgIpc) is 2.75. The molecule has 8 heteroatoms. The van der Waals surface area contributed by atoms with Crippen molar-refractivity contribution in [3.8, 4) is 0 Å². The number of hydrogen-bond acceptors (Lipinski definition) is 5. The lowest BCUT2D eigenvalue weighted by atomic mass is 10.0. The first-order valence-corrected chi connectivity index (χ1v) is 12.0. The van der Waals surface area contributed by atoms with E-state index in [9.17, 15) is 14.4 Å². The number of aliphatic hydroxyl groups excluding tert-OH is 2. The minimum Gasteiger partial charge on any atom is -0.376 e. The molecule has 8 nitrogen and oxygen atoms in total. The van der Waals surface area contributed by atoms with E-state index in [-0.39, 0.29) is 6.42 Å². The Labute approximate surface area is 187 Å². The maximum atomic E-state index is 11.9. The van der Waals surface area contributed by atoms with Crippen LogP contribution in [0.1, 0.15) is 110 Å². The summed E-state index contributed by atoms with van der Waals surface area (Å²) in [5.41, 5.74) is -0.658. The van der Waals surface area contributed by atoms with Crippen molar-refractivity contribution in [2.45, 2.75) is 110 Å². The number of aliphatic imine (C=N–C) groups is 1. The van der Waals surface area contributed by atoms with Crippen LogP contribution in [0.3, 0.4) is 0 Å². The number of aliphatic hydroxyl groups is 2. The van der Waals surface area contributed by atoms with Crippen LogP contribution in [0.4, 0.5) is 0 Å². The third-order valence-corrected chi connectivity index (χ3v) is 5.14. The lowest BCUT2D eigenvalue weighted by molar-refractivity contribution is -0.122. The molecule has 0 aliphatic carbocycles. The predicted molar refractivity (Wildman–Crippen MR) is 122 cm³/mol. The monoisotopic (exact) mass is 441 g/mol. The Kier molecular flexibility index (Phi) is 20.2. The number of rotatable bonds is 20. The highest BCUT2D eigenvalue weighted by Gasteiger charge is 2.21. The van der Waals surface area contributed by atoms with Crippen LogP contribution in [-0.2, 0) is 14.4 Å². The number of amides is 3. The van der Waals surface area contributed by atoms with Gasteiger partial charge in [0.2, 0.25) is 5.91 Å². The molecule has 0 saturated carbocycles. The van der Waals surface area contributed by atoms with Crippen LogP contribution < -0.4 is 10.6 Å². The van der Waals surface area contributed by atoms with Gasteiger partial charge in [-0.15, -0.1) is 0 Å². The van der Waals surface area contributed by atoms with Crippen molar-refractivity contribution in [2.75, 3.05) is 13.5 Å². The molecule has 0 unspecified atom stereocenters. The van der Waals surface area contributed by atoms with Crippen LogP contribution in [0.2, 0.25) is 0 Å². The third-order valence-electron chi connectivity index (χ3n) is 5.14. The van der Waals surface area contributed by atoms with E-state index in [1.54, 1.807) is 0 Å². The highest BCUT2D eigenvalue weighted by molar-refractivity contribution is 6.65. The summed E-state index contributed by atoms with van der Waals surface area (Å²) in [4.78, 5) is 38.9. The topological polar surface area (TPSA) is 128 Å². The average molecular weight is 442 g/mol. The molecule has 3 amide bonds. The first kappa shape index (κ1) is 29.2. The van der Waals surface area contributed by atoms with Crippen LogP contribution >= 0.6 is 0 Å². The van der Waals surface area contributed by atoms with Gasteiger partial charge in [0.25, 0.3) is 11.8 Å².